The van der Waals surface area contributed by atoms with Crippen molar-refractivity contribution in [2.45, 2.75) is 46.2 Å². The Hall–Kier alpha value is -3.87. The first-order chi connectivity index (χ1) is 16.7. The number of hydrogen-bond donors (Lipinski definition) is 1. The normalized spacial score (nSPS) is 17.4. The minimum absolute atomic E-state index is 0.0482. The average molecular weight is 478 g/mol. The fraction of sp³-hybridized carbons (Fsp3) is 0.286. The van der Waals surface area contributed by atoms with E-state index in [2.05, 4.69) is 0 Å². The molecule has 1 atom stereocenters. The zero-order valence-electron chi connectivity index (χ0n) is 20.2. The van der Waals surface area contributed by atoms with Crippen LogP contribution in [0.3, 0.4) is 0 Å². The highest BCUT2D eigenvalue weighted by atomic mass is 19.1. The van der Waals surface area contributed by atoms with E-state index in [0.717, 1.165) is 5.56 Å². The van der Waals surface area contributed by atoms with Gasteiger partial charge >= 0.3 is 0 Å². The molecule has 1 N–H and O–H groups in total. The first-order valence-electron chi connectivity index (χ1n) is 11.6. The molecule has 1 aromatic heterocycles. The average Bonchev–Trinajstić information content (AvgIpc) is 3.36. The van der Waals surface area contributed by atoms with Gasteiger partial charge in [0.15, 0.2) is 0 Å². The van der Waals surface area contributed by atoms with E-state index in [1.54, 1.807) is 49.4 Å². The van der Waals surface area contributed by atoms with Gasteiger partial charge in [-0.2, -0.15) is 0 Å². The summed E-state index contributed by atoms with van der Waals surface area (Å²) in [6.07, 6.45) is 0. The van der Waals surface area contributed by atoms with Gasteiger partial charge in [0.05, 0.1) is 12.2 Å². The van der Waals surface area contributed by atoms with Gasteiger partial charge < -0.3 is 19.2 Å². The summed E-state index contributed by atoms with van der Waals surface area (Å²) in [6.45, 7) is 8.22. The molecule has 35 heavy (non-hydrogen) atoms. The number of Topliss-reactive ketones (excluding diaryl/α,β-unsaturated/α-hetero) is 1. The van der Waals surface area contributed by atoms with E-state index in [4.69, 9.17) is 9.15 Å². The van der Waals surface area contributed by atoms with Crippen molar-refractivity contribution < 1.29 is 28.2 Å². The molecule has 0 spiro atoms. The Balaban J connectivity index is 1.84. The maximum Gasteiger partial charge on any atom is 0.296 e. The number of aryl methyl sites for hydroxylation is 1. The van der Waals surface area contributed by atoms with Crippen molar-refractivity contribution >= 4 is 17.4 Å². The van der Waals surface area contributed by atoms with Crippen molar-refractivity contribution in [2.24, 2.45) is 0 Å². The lowest BCUT2D eigenvalue weighted by Crippen LogP contribution is -2.29. The molecule has 2 heterocycles. The lowest BCUT2D eigenvalue weighted by Gasteiger charge is -2.23. The number of likely N-dealkylation sites (tertiary alicyclic amines) is 1. The number of carbonyl (C=O) groups excluding carboxylic acids is 2. The number of ketones is 1. The van der Waals surface area contributed by atoms with Crippen LogP contribution in [0.25, 0.3) is 5.76 Å². The van der Waals surface area contributed by atoms with E-state index in [0.29, 0.717) is 35.0 Å². The lowest BCUT2D eigenvalue weighted by molar-refractivity contribution is -0.140. The van der Waals surface area contributed by atoms with Gasteiger partial charge in [0.1, 0.15) is 34.9 Å². The highest BCUT2D eigenvalue weighted by Crippen LogP contribution is 2.41. The van der Waals surface area contributed by atoms with Gasteiger partial charge in [-0.25, -0.2) is 4.39 Å². The van der Waals surface area contributed by atoms with Crippen molar-refractivity contribution in [2.75, 3.05) is 6.61 Å². The molecule has 1 fully saturated rings. The van der Waals surface area contributed by atoms with Crippen LogP contribution in [0.5, 0.6) is 5.75 Å². The van der Waals surface area contributed by atoms with Crippen LogP contribution in [0.4, 0.5) is 4.39 Å². The molecule has 7 heteroatoms. The fourth-order valence-corrected chi connectivity index (χ4v) is 4.32. The quantitative estimate of drug-likeness (QED) is 0.261. The summed E-state index contributed by atoms with van der Waals surface area (Å²) in [7, 11) is 0. The number of halogens is 1. The molecule has 0 radical (unpaired) electrons. The number of nitrogens with zero attached hydrogens (tertiary/aromatic N) is 1. The molecular weight excluding hydrogens is 449 g/mol. The second-order valence-corrected chi connectivity index (χ2v) is 8.84. The van der Waals surface area contributed by atoms with Gasteiger partial charge in [0, 0.05) is 12.1 Å². The maximum atomic E-state index is 13.4. The topological polar surface area (TPSA) is 80.0 Å². The van der Waals surface area contributed by atoms with Gasteiger partial charge in [0.2, 0.25) is 0 Å². The maximum absolute atomic E-state index is 13.4. The first-order valence-corrected chi connectivity index (χ1v) is 11.6. The van der Waals surface area contributed by atoms with Crippen LogP contribution in [0.2, 0.25) is 0 Å². The zero-order chi connectivity index (χ0) is 25.3. The van der Waals surface area contributed by atoms with Gasteiger partial charge in [-0.3, -0.25) is 9.59 Å². The van der Waals surface area contributed by atoms with Crippen LogP contribution in [-0.2, 0) is 16.1 Å². The first kappa shape index (κ1) is 24.3. The van der Waals surface area contributed by atoms with Crippen molar-refractivity contribution in [1.29, 1.82) is 0 Å². The Morgan fingerprint density at radius 2 is 1.83 bits per heavy atom. The van der Waals surface area contributed by atoms with Crippen LogP contribution in [-0.4, -0.2) is 28.3 Å². The minimum Gasteiger partial charge on any atom is -0.507 e. The standard InChI is InChI=1S/C28H28FNO5/c1-5-34-22-13-9-19(14-21(22)16(2)3)26(31)24-25(23-12-6-17(4)35-23)30(28(33)27(24)32)15-18-7-10-20(29)11-8-18/h6-14,16,25,31H,5,15H2,1-4H3/b26-24-. The number of aliphatic hydroxyl groups is 1. The van der Waals surface area contributed by atoms with Crippen molar-refractivity contribution in [1.82, 2.24) is 4.90 Å². The molecule has 0 bridgehead atoms. The van der Waals surface area contributed by atoms with E-state index < -0.39 is 23.5 Å². The largest absolute Gasteiger partial charge is 0.507 e. The molecule has 1 amide bonds. The Kier molecular flexibility index (Phi) is 6.78. The Labute approximate surface area is 203 Å². The number of ether oxygens (including phenoxy) is 1. The predicted octanol–water partition coefficient (Wildman–Crippen LogP) is 5.87. The molecule has 4 rings (SSSR count). The van der Waals surface area contributed by atoms with Crippen LogP contribution in [0.1, 0.15) is 60.9 Å². The van der Waals surface area contributed by atoms with Crippen LogP contribution >= 0.6 is 0 Å². The van der Waals surface area contributed by atoms with Crippen LogP contribution in [0.15, 0.2) is 64.6 Å². The second-order valence-electron chi connectivity index (χ2n) is 8.84. The van der Waals surface area contributed by atoms with Crippen molar-refractivity contribution in [3.8, 4) is 5.75 Å². The molecule has 3 aromatic rings. The van der Waals surface area contributed by atoms with E-state index in [1.165, 1.54) is 17.0 Å². The second kappa shape index (κ2) is 9.78. The number of benzene rings is 2. The predicted molar refractivity (Wildman–Crippen MR) is 129 cm³/mol. The van der Waals surface area contributed by atoms with Crippen molar-refractivity contribution in [3.05, 3.63) is 94.2 Å². The Morgan fingerprint density at radius 3 is 2.43 bits per heavy atom. The summed E-state index contributed by atoms with van der Waals surface area (Å²) in [5, 5.41) is 11.3. The smallest absolute Gasteiger partial charge is 0.296 e. The fourth-order valence-electron chi connectivity index (χ4n) is 4.32. The summed E-state index contributed by atoms with van der Waals surface area (Å²) >= 11 is 0. The number of rotatable bonds is 7. The molecule has 0 aliphatic carbocycles. The third-order valence-corrected chi connectivity index (χ3v) is 6.04. The highest BCUT2D eigenvalue weighted by molar-refractivity contribution is 6.46. The Morgan fingerprint density at radius 1 is 1.11 bits per heavy atom. The molecule has 0 saturated carbocycles. The van der Waals surface area contributed by atoms with Gasteiger partial charge in [0.25, 0.3) is 11.7 Å². The van der Waals surface area contributed by atoms with Crippen molar-refractivity contribution in [3.63, 3.8) is 0 Å². The summed E-state index contributed by atoms with van der Waals surface area (Å²) < 4.78 is 24.9. The lowest BCUT2D eigenvalue weighted by atomic mass is 9.95. The van der Waals surface area contributed by atoms with Crippen LogP contribution < -0.4 is 4.74 Å². The molecule has 6 nitrogen and oxygen atoms in total. The zero-order valence-corrected chi connectivity index (χ0v) is 20.2. The molecule has 182 valence electrons. The summed E-state index contributed by atoms with van der Waals surface area (Å²) in [5.74, 6) is -0.466. The third-order valence-electron chi connectivity index (χ3n) is 6.04. The summed E-state index contributed by atoms with van der Waals surface area (Å²) in [5.41, 5.74) is 1.88. The van der Waals surface area contributed by atoms with E-state index >= 15 is 0 Å². The highest BCUT2D eigenvalue weighted by Gasteiger charge is 2.47. The van der Waals surface area contributed by atoms with E-state index in [1.807, 2.05) is 20.8 Å². The minimum atomic E-state index is -0.928. The van der Waals surface area contributed by atoms with Gasteiger partial charge in [-0.05, 0) is 73.4 Å². The number of aliphatic hydroxyl groups excluding tert-OH is 1. The molecular formula is C28H28FNO5. The number of carbonyl (C=O) groups is 2. The molecule has 1 aliphatic rings. The molecule has 1 unspecified atom stereocenters. The van der Waals surface area contributed by atoms with E-state index in [9.17, 15) is 19.1 Å². The third kappa shape index (κ3) is 4.71. The molecule has 1 saturated heterocycles. The number of furan rings is 1. The monoisotopic (exact) mass is 477 g/mol. The number of hydrogen-bond acceptors (Lipinski definition) is 5. The molecule has 1 aliphatic heterocycles. The Bertz CT molecular complexity index is 1290. The molecule has 2 aromatic carbocycles. The summed E-state index contributed by atoms with van der Waals surface area (Å²) in [4.78, 5) is 27.7. The summed E-state index contributed by atoms with van der Waals surface area (Å²) in [6, 6.07) is 13.4. The van der Waals surface area contributed by atoms with Gasteiger partial charge in [-0.15, -0.1) is 0 Å². The van der Waals surface area contributed by atoms with E-state index in [-0.39, 0.29) is 23.8 Å². The number of amides is 1. The van der Waals surface area contributed by atoms with Gasteiger partial charge in [-0.1, -0.05) is 26.0 Å². The SMILES string of the molecule is CCOc1ccc(/C(O)=C2/C(=O)C(=O)N(Cc3ccc(F)cc3)C2c2ccc(C)o2)cc1C(C)C. The van der Waals surface area contributed by atoms with Crippen LogP contribution in [0, 0.1) is 12.7 Å².